The van der Waals surface area contributed by atoms with Gasteiger partial charge in [-0.05, 0) is 35.7 Å². The second-order valence-electron chi connectivity index (χ2n) is 4.04. The molecular weight excluding hydrogens is 256 g/mol. The van der Waals surface area contributed by atoms with Crippen LogP contribution in [0.3, 0.4) is 0 Å². The molecule has 18 heavy (non-hydrogen) atoms. The molecule has 4 heteroatoms. The molecule has 0 saturated carbocycles. The van der Waals surface area contributed by atoms with Crippen LogP contribution >= 0.6 is 12.4 Å². The molecule has 0 radical (unpaired) electrons. The lowest BCUT2D eigenvalue weighted by Crippen LogP contribution is -2.04. The molecule has 0 aliphatic carbocycles. The number of benzene rings is 2. The average Bonchev–Trinajstić information content (AvgIpc) is 2.33. The zero-order chi connectivity index (χ0) is 12.4. The standard InChI is InChI=1S/C14H13F2N.ClH/c1-9(17)10-2-4-11(5-3-10)12-6-7-13(15)14(16)8-12;/h2-9H,17H2,1H3;1H. The Hall–Kier alpha value is -1.45. The largest absolute Gasteiger partial charge is 0.324 e. The maximum Gasteiger partial charge on any atom is 0.159 e. The number of nitrogens with two attached hydrogens (primary N) is 1. The van der Waals surface area contributed by atoms with Crippen LogP contribution < -0.4 is 5.73 Å². The molecule has 2 aromatic rings. The number of hydrogen-bond donors (Lipinski definition) is 1. The third kappa shape index (κ3) is 3.06. The van der Waals surface area contributed by atoms with Gasteiger partial charge >= 0.3 is 0 Å². The van der Waals surface area contributed by atoms with Gasteiger partial charge in [-0.1, -0.05) is 30.3 Å². The summed E-state index contributed by atoms with van der Waals surface area (Å²) in [6, 6.07) is 11.3. The van der Waals surface area contributed by atoms with Gasteiger partial charge in [0.05, 0.1) is 0 Å². The first kappa shape index (κ1) is 14.6. The molecule has 0 aromatic heterocycles. The summed E-state index contributed by atoms with van der Waals surface area (Å²) in [4.78, 5) is 0. The van der Waals surface area contributed by atoms with E-state index in [1.54, 1.807) is 6.07 Å². The second-order valence-corrected chi connectivity index (χ2v) is 4.04. The summed E-state index contributed by atoms with van der Waals surface area (Å²) < 4.78 is 25.9. The Morgan fingerprint density at radius 1 is 0.889 bits per heavy atom. The first-order valence-electron chi connectivity index (χ1n) is 5.39. The van der Waals surface area contributed by atoms with E-state index in [1.807, 2.05) is 31.2 Å². The van der Waals surface area contributed by atoms with Gasteiger partial charge in [-0.25, -0.2) is 8.78 Å². The summed E-state index contributed by atoms with van der Waals surface area (Å²) in [6.45, 7) is 1.90. The predicted octanol–water partition coefficient (Wildman–Crippen LogP) is 4.07. The van der Waals surface area contributed by atoms with E-state index in [0.717, 1.165) is 17.2 Å². The van der Waals surface area contributed by atoms with E-state index in [0.29, 0.717) is 5.56 Å². The molecule has 96 valence electrons. The van der Waals surface area contributed by atoms with Crippen LogP contribution in [-0.4, -0.2) is 0 Å². The van der Waals surface area contributed by atoms with Gasteiger partial charge in [-0.2, -0.15) is 0 Å². The monoisotopic (exact) mass is 269 g/mol. The third-order valence-corrected chi connectivity index (χ3v) is 2.69. The van der Waals surface area contributed by atoms with Crippen molar-refractivity contribution in [2.24, 2.45) is 5.73 Å². The number of halogens is 3. The Labute approximate surface area is 111 Å². The van der Waals surface area contributed by atoms with Crippen LogP contribution in [0.1, 0.15) is 18.5 Å². The molecule has 0 heterocycles. The van der Waals surface area contributed by atoms with Gasteiger partial charge in [-0.3, -0.25) is 0 Å². The van der Waals surface area contributed by atoms with E-state index in [1.165, 1.54) is 6.07 Å². The summed E-state index contributed by atoms with van der Waals surface area (Å²) in [7, 11) is 0. The Balaban J connectivity index is 0.00000162. The zero-order valence-electron chi connectivity index (χ0n) is 9.86. The fourth-order valence-electron chi connectivity index (χ4n) is 1.65. The van der Waals surface area contributed by atoms with Crippen LogP contribution in [0.2, 0.25) is 0 Å². The lowest BCUT2D eigenvalue weighted by atomic mass is 10.0. The molecule has 2 N–H and O–H groups in total. The second kappa shape index (κ2) is 5.94. The molecule has 1 nitrogen and oxygen atoms in total. The SMILES string of the molecule is CC(N)c1ccc(-c2ccc(F)c(F)c2)cc1.Cl. The van der Waals surface area contributed by atoms with Crippen LogP contribution in [0, 0.1) is 11.6 Å². The summed E-state index contributed by atoms with van der Waals surface area (Å²) in [5.74, 6) is -1.67. The van der Waals surface area contributed by atoms with Crippen molar-refractivity contribution in [2.45, 2.75) is 13.0 Å². The van der Waals surface area contributed by atoms with E-state index in [4.69, 9.17) is 5.73 Å². The highest BCUT2D eigenvalue weighted by Gasteiger charge is 2.05. The van der Waals surface area contributed by atoms with Crippen LogP contribution in [-0.2, 0) is 0 Å². The Morgan fingerprint density at radius 2 is 1.44 bits per heavy atom. The zero-order valence-corrected chi connectivity index (χ0v) is 10.7. The first-order chi connectivity index (χ1) is 8.08. The molecule has 1 atom stereocenters. The van der Waals surface area contributed by atoms with Crippen molar-refractivity contribution in [1.29, 1.82) is 0 Å². The Bertz CT molecular complexity index is 524. The van der Waals surface area contributed by atoms with Crippen molar-refractivity contribution in [2.75, 3.05) is 0 Å². The van der Waals surface area contributed by atoms with Crippen molar-refractivity contribution in [3.8, 4) is 11.1 Å². The molecule has 0 aliphatic rings. The topological polar surface area (TPSA) is 26.0 Å². The predicted molar refractivity (Wildman–Crippen MR) is 71.6 cm³/mol. The minimum absolute atomic E-state index is 0. The Kier molecular flexibility index (Phi) is 4.82. The van der Waals surface area contributed by atoms with Crippen molar-refractivity contribution in [3.63, 3.8) is 0 Å². The van der Waals surface area contributed by atoms with Gasteiger partial charge in [0, 0.05) is 6.04 Å². The lowest BCUT2D eigenvalue weighted by molar-refractivity contribution is 0.509. The first-order valence-corrected chi connectivity index (χ1v) is 5.39. The quantitative estimate of drug-likeness (QED) is 0.874. The number of hydrogen-bond acceptors (Lipinski definition) is 1. The smallest absolute Gasteiger partial charge is 0.159 e. The van der Waals surface area contributed by atoms with Gasteiger partial charge in [0.25, 0.3) is 0 Å². The molecule has 0 fully saturated rings. The van der Waals surface area contributed by atoms with Crippen LogP contribution in [0.5, 0.6) is 0 Å². The van der Waals surface area contributed by atoms with E-state index in [2.05, 4.69) is 0 Å². The van der Waals surface area contributed by atoms with Crippen molar-refractivity contribution in [3.05, 3.63) is 59.7 Å². The fourth-order valence-corrected chi connectivity index (χ4v) is 1.65. The molecule has 0 amide bonds. The highest BCUT2D eigenvalue weighted by Crippen LogP contribution is 2.23. The highest BCUT2D eigenvalue weighted by molar-refractivity contribution is 5.85. The molecule has 0 saturated heterocycles. The molecule has 0 spiro atoms. The molecule has 1 unspecified atom stereocenters. The third-order valence-electron chi connectivity index (χ3n) is 2.69. The molecular formula is C14H14ClF2N. The van der Waals surface area contributed by atoms with Crippen molar-refractivity contribution in [1.82, 2.24) is 0 Å². The van der Waals surface area contributed by atoms with E-state index in [9.17, 15) is 8.78 Å². The lowest BCUT2D eigenvalue weighted by Gasteiger charge is -2.07. The maximum atomic E-state index is 13.1. The maximum absolute atomic E-state index is 13.1. The molecule has 2 aromatic carbocycles. The molecule has 0 aliphatic heterocycles. The minimum Gasteiger partial charge on any atom is -0.324 e. The summed E-state index contributed by atoms with van der Waals surface area (Å²) >= 11 is 0. The number of rotatable bonds is 2. The van der Waals surface area contributed by atoms with Crippen LogP contribution in [0.4, 0.5) is 8.78 Å². The van der Waals surface area contributed by atoms with Crippen LogP contribution in [0.25, 0.3) is 11.1 Å². The fraction of sp³-hybridized carbons (Fsp3) is 0.143. The van der Waals surface area contributed by atoms with Crippen molar-refractivity contribution < 1.29 is 8.78 Å². The molecule has 0 bridgehead atoms. The summed E-state index contributed by atoms with van der Waals surface area (Å²) in [5.41, 5.74) is 8.24. The van der Waals surface area contributed by atoms with Gasteiger partial charge in [0.1, 0.15) is 0 Å². The van der Waals surface area contributed by atoms with Crippen LogP contribution in [0.15, 0.2) is 42.5 Å². The van der Waals surface area contributed by atoms with Crippen molar-refractivity contribution >= 4 is 12.4 Å². The van der Waals surface area contributed by atoms with Gasteiger partial charge < -0.3 is 5.73 Å². The highest BCUT2D eigenvalue weighted by atomic mass is 35.5. The minimum atomic E-state index is -0.834. The van der Waals surface area contributed by atoms with Gasteiger partial charge in [0.2, 0.25) is 0 Å². The average molecular weight is 270 g/mol. The summed E-state index contributed by atoms with van der Waals surface area (Å²) in [5, 5.41) is 0. The Morgan fingerprint density at radius 3 is 1.94 bits per heavy atom. The summed E-state index contributed by atoms with van der Waals surface area (Å²) in [6.07, 6.45) is 0. The van der Waals surface area contributed by atoms with Gasteiger partial charge in [0.15, 0.2) is 11.6 Å². The van der Waals surface area contributed by atoms with E-state index in [-0.39, 0.29) is 18.4 Å². The molecule has 2 rings (SSSR count). The van der Waals surface area contributed by atoms with Gasteiger partial charge in [-0.15, -0.1) is 12.4 Å². The normalized spacial score (nSPS) is 11.8. The van der Waals surface area contributed by atoms with E-state index < -0.39 is 11.6 Å². The van der Waals surface area contributed by atoms with E-state index >= 15 is 0 Å².